The molecule has 2 aromatic carbocycles. The molecule has 0 aliphatic rings. The van der Waals surface area contributed by atoms with Crippen molar-refractivity contribution in [3.63, 3.8) is 0 Å². The van der Waals surface area contributed by atoms with Gasteiger partial charge in [0, 0.05) is 5.56 Å². The number of sulfonamides is 1. The molecule has 0 heterocycles. The number of aryl methyl sites for hydroxylation is 1. The van der Waals surface area contributed by atoms with Crippen LogP contribution in [-0.4, -0.2) is 20.6 Å². The van der Waals surface area contributed by atoms with E-state index in [1.165, 1.54) is 18.2 Å². The highest BCUT2D eigenvalue weighted by molar-refractivity contribution is 7.92. The summed E-state index contributed by atoms with van der Waals surface area (Å²) in [4.78, 5) is 12.8. The van der Waals surface area contributed by atoms with Crippen molar-refractivity contribution < 1.29 is 26.4 Å². The molecule has 1 amide bonds. The van der Waals surface area contributed by atoms with Gasteiger partial charge < -0.3 is 5.32 Å². The monoisotopic (exact) mass is 442 g/mol. The second kappa shape index (κ2) is 9.07. The molecule has 2 aromatic rings. The first-order valence-electron chi connectivity index (χ1n) is 9.32. The van der Waals surface area contributed by atoms with Crippen molar-refractivity contribution in [2.75, 3.05) is 11.0 Å². The van der Waals surface area contributed by atoms with Crippen LogP contribution in [0.25, 0.3) is 0 Å². The Labute approximate surface area is 174 Å². The van der Waals surface area contributed by atoms with Gasteiger partial charge >= 0.3 is 6.18 Å². The summed E-state index contributed by atoms with van der Waals surface area (Å²) in [6.07, 6.45) is -3.04. The molecule has 2 rings (SSSR count). The minimum Gasteiger partial charge on any atom is -0.345 e. The number of nitrogens with one attached hydrogen (secondary N) is 2. The molecule has 0 aliphatic carbocycles. The lowest BCUT2D eigenvalue weighted by molar-refractivity contribution is -0.137. The van der Waals surface area contributed by atoms with E-state index in [4.69, 9.17) is 0 Å². The van der Waals surface area contributed by atoms with Gasteiger partial charge in [-0.2, -0.15) is 13.2 Å². The number of halogens is 3. The van der Waals surface area contributed by atoms with Gasteiger partial charge in [0.1, 0.15) is 0 Å². The van der Waals surface area contributed by atoms with E-state index in [1.807, 2.05) is 13.8 Å². The highest BCUT2D eigenvalue weighted by Gasteiger charge is 2.31. The summed E-state index contributed by atoms with van der Waals surface area (Å²) < 4.78 is 64.7. The topological polar surface area (TPSA) is 75.3 Å². The fourth-order valence-electron chi connectivity index (χ4n) is 3.00. The number of carbonyl (C=O) groups is 1. The second-order valence-corrected chi connectivity index (χ2v) is 9.43. The molecule has 0 spiro atoms. The fourth-order valence-corrected chi connectivity index (χ4v) is 3.62. The van der Waals surface area contributed by atoms with Gasteiger partial charge in [0.05, 0.1) is 23.5 Å². The van der Waals surface area contributed by atoms with Gasteiger partial charge in [0.2, 0.25) is 10.0 Å². The zero-order valence-corrected chi connectivity index (χ0v) is 18.0. The Bertz CT molecular complexity index is 1020. The number of carbonyl (C=O) groups excluding carboxylic acids is 1. The van der Waals surface area contributed by atoms with E-state index in [0.29, 0.717) is 17.5 Å². The van der Waals surface area contributed by atoms with Gasteiger partial charge in [0.15, 0.2) is 0 Å². The zero-order valence-electron chi connectivity index (χ0n) is 17.2. The molecule has 164 valence electrons. The van der Waals surface area contributed by atoms with Gasteiger partial charge in [-0.1, -0.05) is 32.0 Å². The Kier molecular flexibility index (Phi) is 7.18. The molecule has 0 radical (unpaired) electrons. The lowest BCUT2D eigenvalue weighted by Crippen LogP contribution is -2.30. The maximum atomic E-state index is 13.1. The Morgan fingerprint density at radius 3 is 2.33 bits per heavy atom. The number of hydrogen-bond donors (Lipinski definition) is 2. The third kappa shape index (κ3) is 6.76. The van der Waals surface area contributed by atoms with Crippen LogP contribution in [0.4, 0.5) is 18.9 Å². The summed E-state index contributed by atoms with van der Waals surface area (Å²) in [5.74, 6) is -0.389. The Hall–Kier alpha value is -2.55. The third-order valence-corrected chi connectivity index (χ3v) is 5.01. The Morgan fingerprint density at radius 1 is 1.10 bits per heavy atom. The predicted octanol–water partition coefficient (Wildman–Crippen LogP) is 4.90. The molecular weight excluding hydrogens is 417 g/mol. The molecule has 2 N–H and O–H groups in total. The summed E-state index contributed by atoms with van der Waals surface area (Å²) in [5, 5.41) is 2.79. The molecule has 0 bridgehead atoms. The Morgan fingerprint density at radius 2 is 1.77 bits per heavy atom. The predicted molar refractivity (Wildman–Crippen MR) is 111 cm³/mol. The van der Waals surface area contributed by atoms with E-state index in [0.717, 1.165) is 18.4 Å². The molecule has 0 saturated heterocycles. The summed E-state index contributed by atoms with van der Waals surface area (Å²) in [5.41, 5.74) is 0.678. The van der Waals surface area contributed by atoms with Crippen LogP contribution < -0.4 is 10.0 Å². The van der Waals surface area contributed by atoms with E-state index in [1.54, 1.807) is 19.1 Å². The normalized spacial score (nSPS) is 13.2. The van der Waals surface area contributed by atoms with Crippen molar-refractivity contribution in [3.05, 3.63) is 64.7 Å². The lowest BCUT2D eigenvalue weighted by atomic mass is 9.95. The van der Waals surface area contributed by atoms with Gasteiger partial charge in [-0.15, -0.1) is 0 Å². The van der Waals surface area contributed by atoms with Crippen molar-refractivity contribution in [1.82, 2.24) is 5.32 Å². The van der Waals surface area contributed by atoms with Crippen LogP contribution in [0.15, 0.2) is 42.5 Å². The SMILES string of the molecule is Cc1ccc(C(=O)NC(CC(C)C)c2cccc(C(F)(F)F)c2)cc1NS(C)(=O)=O. The Balaban J connectivity index is 2.34. The molecule has 0 aliphatic heterocycles. The van der Waals surface area contributed by atoms with Crippen LogP contribution in [0.3, 0.4) is 0 Å². The van der Waals surface area contributed by atoms with E-state index in [9.17, 15) is 26.4 Å². The lowest BCUT2D eigenvalue weighted by Gasteiger charge is -2.22. The van der Waals surface area contributed by atoms with Crippen molar-refractivity contribution in [2.24, 2.45) is 5.92 Å². The van der Waals surface area contributed by atoms with Crippen LogP contribution in [-0.2, 0) is 16.2 Å². The minimum absolute atomic E-state index is 0.116. The van der Waals surface area contributed by atoms with E-state index in [2.05, 4.69) is 10.0 Å². The molecule has 1 unspecified atom stereocenters. The van der Waals surface area contributed by atoms with Crippen LogP contribution >= 0.6 is 0 Å². The number of alkyl halides is 3. The van der Waals surface area contributed by atoms with Crippen LogP contribution in [0.2, 0.25) is 0 Å². The quantitative estimate of drug-likeness (QED) is 0.640. The van der Waals surface area contributed by atoms with E-state index < -0.39 is 33.7 Å². The molecule has 30 heavy (non-hydrogen) atoms. The fraction of sp³-hybridized carbons (Fsp3) is 0.381. The molecule has 0 fully saturated rings. The highest BCUT2D eigenvalue weighted by atomic mass is 32.2. The maximum Gasteiger partial charge on any atom is 0.416 e. The summed E-state index contributed by atoms with van der Waals surface area (Å²) in [6, 6.07) is 8.81. The average Bonchev–Trinajstić information content (AvgIpc) is 2.61. The number of hydrogen-bond acceptors (Lipinski definition) is 3. The molecule has 0 aromatic heterocycles. The van der Waals surface area contributed by atoms with Crippen molar-refractivity contribution in [1.29, 1.82) is 0 Å². The number of amides is 1. The zero-order chi connectivity index (χ0) is 22.7. The average molecular weight is 443 g/mol. The van der Waals surface area contributed by atoms with Crippen molar-refractivity contribution >= 4 is 21.6 Å². The first kappa shape index (κ1) is 23.7. The number of benzene rings is 2. The number of anilines is 1. The summed E-state index contributed by atoms with van der Waals surface area (Å²) >= 11 is 0. The third-order valence-electron chi connectivity index (χ3n) is 4.42. The summed E-state index contributed by atoms with van der Waals surface area (Å²) in [6.45, 7) is 5.51. The van der Waals surface area contributed by atoms with Crippen LogP contribution in [0.5, 0.6) is 0 Å². The first-order chi connectivity index (χ1) is 13.8. The molecule has 5 nitrogen and oxygen atoms in total. The van der Waals surface area contributed by atoms with Gasteiger partial charge in [-0.25, -0.2) is 8.42 Å². The highest BCUT2D eigenvalue weighted by Crippen LogP contribution is 2.32. The molecule has 9 heteroatoms. The molecular formula is C21H25F3N2O3S. The summed E-state index contributed by atoms with van der Waals surface area (Å²) in [7, 11) is -3.53. The first-order valence-corrected chi connectivity index (χ1v) is 11.2. The van der Waals surface area contributed by atoms with Crippen LogP contribution in [0.1, 0.15) is 53.4 Å². The van der Waals surface area contributed by atoms with Crippen molar-refractivity contribution in [3.8, 4) is 0 Å². The second-order valence-electron chi connectivity index (χ2n) is 7.68. The van der Waals surface area contributed by atoms with E-state index >= 15 is 0 Å². The van der Waals surface area contributed by atoms with Gasteiger partial charge in [0.25, 0.3) is 5.91 Å². The minimum atomic E-state index is -4.48. The molecule has 0 saturated carbocycles. The smallest absolute Gasteiger partial charge is 0.345 e. The largest absolute Gasteiger partial charge is 0.416 e. The maximum absolute atomic E-state index is 13.1. The van der Waals surface area contributed by atoms with Gasteiger partial charge in [-0.05, 0) is 54.7 Å². The van der Waals surface area contributed by atoms with Crippen molar-refractivity contribution in [2.45, 2.75) is 39.4 Å². The molecule has 1 atom stereocenters. The number of rotatable bonds is 7. The van der Waals surface area contributed by atoms with E-state index in [-0.39, 0.29) is 17.2 Å². The van der Waals surface area contributed by atoms with Gasteiger partial charge in [-0.3, -0.25) is 9.52 Å². The van der Waals surface area contributed by atoms with Crippen LogP contribution in [0, 0.1) is 12.8 Å². The standard InChI is InChI=1S/C21H25F3N2O3S/c1-13(2)10-19(15-6-5-7-17(11-15)21(22,23)24)25-20(27)16-9-8-14(3)18(12-16)26-30(4,28)29/h5-9,11-13,19,26H,10H2,1-4H3,(H,25,27).